The molecule has 0 radical (unpaired) electrons. The average Bonchev–Trinajstić information content (AvgIpc) is 3.46. The summed E-state index contributed by atoms with van der Waals surface area (Å²) in [6, 6.07) is 10.9. The van der Waals surface area contributed by atoms with E-state index in [-0.39, 0.29) is 30.1 Å². The van der Waals surface area contributed by atoms with Gasteiger partial charge in [0.1, 0.15) is 17.1 Å². The Labute approximate surface area is 181 Å². The number of hydrogen-bond donors (Lipinski definition) is 1. The van der Waals surface area contributed by atoms with E-state index in [0.717, 1.165) is 9.56 Å². The highest BCUT2D eigenvalue weighted by Crippen LogP contribution is 2.19. The maximum absolute atomic E-state index is 13.4. The zero-order chi connectivity index (χ0) is 21.5. The van der Waals surface area contributed by atoms with Gasteiger partial charge >= 0.3 is 5.69 Å². The van der Waals surface area contributed by atoms with Crippen LogP contribution in [0, 0.1) is 5.82 Å². The van der Waals surface area contributed by atoms with Gasteiger partial charge in [0.05, 0.1) is 12.1 Å². The van der Waals surface area contributed by atoms with E-state index < -0.39 is 17.4 Å². The molecule has 4 aromatic heterocycles. The Hall–Kier alpha value is -3.57. The predicted octanol–water partition coefficient (Wildman–Crippen LogP) is 2.76. The summed E-state index contributed by atoms with van der Waals surface area (Å²) in [7, 11) is 0. The minimum atomic E-state index is -0.537. The van der Waals surface area contributed by atoms with Crippen LogP contribution in [0.25, 0.3) is 16.0 Å². The van der Waals surface area contributed by atoms with Crippen LogP contribution in [0.2, 0.25) is 0 Å². The van der Waals surface area contributed by atoms with Crippen molar-refractivity contribution < 1.29 is 9.18 Å². The van der Waals surface area contributed by atoms with Crippen LogP contribution < -0.4 is 16.6 Å². The summed E-state index contributed by atoms with van der Waals surface area (Å²) in [6.07, 6.45) is 0. The molecule has 5 aromatic rings. The Bertz CT molecular complexity index is 1540. The number of halogens is 1. The minimum Gasteiger partial charge on any atom is -0.324 e. The number of benzene rings is 1. The van der Waals surface area contributed by atoms with Crippen LogP contribution in [-0.2, 0) is 17.9 Å². The standard InChI is InChI=1S/C20H14FN5O3S2/c21-12-3-1-4-13(9-12)22-16(27)11-25-20(29)26-15-6-8-31-17(15)18(28)24(19(26)23-25)10-14-5-2-7-30-14/h1-9H,10-11H2,(H,22,27). The van der Waals surface area contributed by atoms with Gasteiger partial charge in [-0.05, 0) is 41.1 Å². The Morgan fingerprint density at radius 1 is 1.10 bits per heavy atom. The molecule has 1 N–H and O–H groups in total. The summed E-state index contributed by atoms with van der Waals surface area (Å²) in [5.41, 5.74) is -0.0501. The molecule has 156 valence electrons. The van der Waals surface area contributed by atoms with Gasteiger partial charge < -0.3 is 5.32 Å². The van der Waals surface area contributed by atoms with Crippen molar-refractivity contribution in [1.82, 2.24) is 18.7 Å². The SMILES string of the molecule is O=C(Cn1nc2n(Cc3cccs3)c(=O)c3sccc3n2c1=O)Nc1cccc(F)c1. The summed E-state index contributed by atoms with van der Waals surface area (Å²) in [6.45, 7) is -0.115. The Balaban J connectivity index is 1.58. The maximum atomic E-state index is 13.4. The maximum Gasteiger partial charge on any atom is 0.352 e. The lowest BCUT2D eigenvalue weighted by Crippen LogP contribution is -2.29. The fourth-order valence-corrected chi connectivity index (χ4v) is 4.86. The van der Waals surface area contributed by atoms with Crippen molar-refractivity contribution in [2.75, 3.05) is 5.32 Å². The first kappa shape index (κ1) is 19.4. The number of nitrogens with zero attached hydrogens (tertiary/aromatic N) is 4. The summed E-state index contributed by atoms with van der Waals surface area (Å²) < 4.78 is 17.6. The molecule has 5 rings (SSSR count). The van der Waals surface area contributed by atoms with Crippen LogP contribution in [0.1, 0.15) is 4.88 Å². The number of thiophene rings is 2. The fraction of sp³-hybridized carbons (Fsp3) is 0.100. The van der Waals surface area contributed by atoms with Crippen molar-refractivity contribution in [2.45, 2.75) is 13.1 Å². The van der Waals surface area contributed by atoms with E-state index in [1.807, 2.05) is 17.5 Å². The van der Waals surface area contributed by atoms with E-state index in [1.54, 1.807) is 17.5 Å². The summed E-state index contributed by atoms with van der Waals surface area (Å²) in [4.78, 5) is 39.5. The molecule has 0 saturated carbocycles. The highest BCUT2D eigenvalue weighted by molar-refractivity contribution is 7.17. The zero-order valence-electron chi connectivity index (χ0n) is 15.8. The molecule has 1 aromatic carbocycles. The number of aromatic nitrogens is 4. The number of hydrogen-bond acceptors (Lipinski definition) is 6. The molecule has 1 amide bonds. The second-order valence-corrected chi connectivity index (χ2v) is 8.69. The third-order valence-corrected chi connectivity index (χ3v) is 6.44. The predicted molar refractivity (Wildman–Crippen MR) is 118 cm³/mol. The van der Waals surface area contributed by atoms with Crippen LogP contribution in [0.15, 0.2) is 62.8 Å². The lowest BCUT2D eigenvalue weighted by Gasteiger charge is -2.06. The molecular weight excluding hydrogens is 441 g/mol. The first-order valence-corrected chi connectivity index (χ1v) is 10.9. The lowest BCUT2D eigenvalue weighted by atomic mass is 10.3. The van der Waals surface area contributed by atoms with Crippen molar-refractivity contribution in [3.8, 4) is 0 Å². The van der Waals surface area contributed by atoms with E-state index in [1.165, 1.54) is 49.8 Å². The number of rotatable bonds is 5. The second-order valence-electron chi connectivity index (χ2n) is 6.74. The molecule has 0 unspecified atom stereocenters. The van der Waals surface area contributed by atoms with Crippen molar-refractivity contribution >= 4 is 50.3 Å². The number of carbonyl (C=O) groups is 1. The molecule has 4 heterocycles. The van der Waals surface area contributed by atoms with Crippen LogP contribution in [-0.4, -0.2) is 24.7 Å². The number of fused-ring (bicyclic) bond motifs is 3. The quantitative estimate of drug-likeness (QED) is 0.441. The van der Waals surface area contributed by atoms with Gasteiger partial charge in [-0.1, -0.05) is 12.1 Å². The molecule has 31 heavy (non-hydrogen) atoms. The van der Waals surface area contributed by atoms with E-state index >= 15 is 0 Å². The molecular formula is C20H14FN5O3S2. The van der Waals surface area contributed by atoms with Crippen LogP contribution in [0.5, 0.6) is 0 Å². The van der Waals surface area contributed by atoms with Crippen molar-refractivity contribution in [2.24, 2.45) is 0 Å². The largest absolute Gasteiger partial charge is 0.352 e. The molecule has 0 aliphatic carbocycles. The Morgan fingerprint density at radius 2 is 1.97 bits per heavy atom. The third-order valence-electron chi connectivity index (χ3n) is 4.68. The zero-order valence-corrected chi connectivity index (χ0v) is 17.5. The van der Waals surface area contributed by atoms with E-state index in [9.17, 15) is 18.8 Å². The van der Waals surface area contributed by atoms with E-state index in [4.69, 9.17) is 0 Å². The lowest BCUT2D eigenvalue weighted by molar-refractivity contribution is -0.117. The van der Waals surface area contributed by atoms with Crippen molar-refractivity contribution in [1.29, 1.82) is 0 Å². The van der Waals surface area contributed by atoms with Gasteiger partial charge in [0.15, 0.2) is 0 Å². The van der Waals surface area contributed by atoms with Gasteiger partial charge in [-0.3, -0.25) is 14.2 Å². The number of anilines is 1. The Morgan fingerprint density at radius 3 is 2.74 bits per heavy atom. The van der Waals surface area contributed by atoms with Crippen LogP contribution in [0.4, 0.5) is 10.1 Å². The molecule has 0 saturated heterocycles. The monoisotopic (exact) mass is 455 g/mol. The van der Waals surface area contributed by atoms with Crippen molar-refractivity contribution in [3.05, 3.63) is 84.8 Å². The molecule has 0 bridgehead atoms. The molecule has 11 heteroatoms. The number of amides is 1. The van der Waals surface area contributed by atoms with Crippen LogP contribution >= 0.6 is 22.7 Å². The highest BCUT2D eigenvalue weighted by atomic mass is 32.1. The average molecular weight is 455 g/mol. The fourth-order valence-electron chi connectivity index (χ4n) is 3.34. The second kappa shape index (κ2) is 7.60. The first-order valence-electron chi connectivity index (χ1n) is 9.18. The topological polar surface area (TPSA) is 90.4 Å². The van der Waals surface area contributed by atoms with Crippen molar-refractivity contribution in [3.63, 3.8) is 0 Å². The number of carbonyl (C=O) groups excluding carboxylic acids is 1. The third kappa shape index (κ3) is 3.47. The van der Waals surface area contributed by atoms with Gasteiger partial charge in [-0.25, -0.2) is 18.3 Å². The molecule has 8 nitrogen and oxygen atoms in total. The number of nitrogens with one attached hydrogen (secondary N) is 1. The van der Waals surface area contributed by atoms with Gasteiger partial charge in [0.25, 0.3) is 5.56 Å². The molecule has 0 atom stereocenters. The Kier molecular flexibility index (Phi) is 4.75. The van der Waals surface area contributed by atoms with E-state index in [0.29, 0.717) is 10.2 Å². The highest BCUT2D eigenvalue weighted by Gasteiger charge is 2.20. The minimum absolute atomic E-state index is 0.160. The van der Waals surface area contributed by atoms with Gasteiger partial charge in [0, 0.05) is 10.6 Å². The smallest absolute Gasteiger partial charge is 0.324 e. The summed E-state index contributed by atoms with van der Waals surface area (Å²) >= 11 is 2.74. The van der Waals surface area contributed by atoms with Gasteiger partial charge in [-0.15, -0.1) is 27.8 Å². The van der Waals surface area contributed by atoms with Gasteiger partial charge in [0.2, 0.25) is 11.7 Å². The molecule has 0 spiro atoms. The first-order chi connectivity index (χ1) is 15.0. The molecule has 0 fully saturated rings. The normalized spacial score (nSPS) is 11.4. The molecule has 0 aliphatic heterocycles. The van der Waals surface area contributed by atoms with E-state index in [2.05, 4.69) is 10.4 Å². The van der Waals surface area contributed by atoms with Gasteiger partial charge in [-0.2, -0.15) is 0 Å². The van der Waals surface area contributed by atoms with Crippen LogP contribution in [0.3, 0.4) is 0 Å². The summed E-state index contributed by atoms with van der Waals surface area (Å²) in [5, 5.41) is 10.5. The summed E-state index contributed by atoms with van der Waals surface area (Å²) in [5.74, 6) is -0.863. The molecule has 0 aliphatic rings.